The van der Waals surface area contributed by atoms with Crippen LogP contribution in [0.1, 0.15) is 10.4 Å². The third-order valence-corrected chi connectivity index (χ3v) is 2.37. The van der Waals surface area contributed by atoms with Crippen molar-refractivity contribution in [2.45, 2.75) is 0 Å². The Morgan fingerprint density at radius 2 is 2.11 bits per heavy atom. The number of carbonyl (C=O) groups is 1. The standard InChI is InChI=1S/C9H7N5O5/c1-12-9(17)13(11-10-12)5-2-3-6(8(15)16)7(4-5)14(18)19/h2-4H,1H3,(H,15,16). The number of carboxylic acids is 1. The lowest BCUT2D eigenvalue weighted by atomic mass is 10.1. The number of nitro groups is 1. The molecule has 0 aliphatic rings. The van der Waals surface area contributed by atoms with E-state index in [0.717, 1.165) is 21.5 Å². The largest absolute Gasteiger partial charge is 0.477 e. The number of benzene rings is 1. The van der Waals surface area contributed by atoms with E-state index in [-0.39, 0.29) is 5.69 Å². The Morgan fingerprint density at radius 3 is 2.58 bits per heavy atom. The number of aromatic nitrogens is 4. The molecule has 1 aromatic carbocycles. The van der Waals surface area contributed by atoms with E-state index in [1.807, 2.05) is 0 Å². The van der Waals surface area contributed by atoms with Gasteiger partial charge in [0, 0.05) is 13.1 Å². The first kappa shape index (κ1) is 12.4. The Balaban J connectivity index is 2.65. The maximum absolute atomic E-state index is 11.6. The van der Waals surface area contributed by atoms with Gasteiger partial charge in [0.2, 0.25) is 0 Å². The van der Waals surface area contributed by atoms with Crippen molar-refractivity contribution in [1.82, 2.24) is 19.8 Å². The van der Waals surface area contributed by atoms with E-state index in [9.17, 15) is 19.7 Å². The molecule has 1 aromatic heterocycles. The maximum atomic E-state index is 11.6. The maximum Gasteiger partial charge on any atom is 0.368 e. The van der Waals surface area contributed by atoms with Crippen LogP contribution < -0.4 is 5.69 Å². The molecule has 0 aliphatic carbocycles. The van der Waals surface area contributed by atoms with Crippen LogP contribution in [0.2, 0.25) is 0 Å². The predicted molar refractivity (Wildman–Crippen MR) is 60.2 cm³/mol. The van der Waals surface area contributed by atoms with Crippen LogP contribution in [0.4, 0.5) is 5.69 Å². The molecule has 19 heavy (non-hydrogen) atoms. The number of nitro benzene ring substituents is 1. The van der Waals surface area contributed by atoms with E-state index in [4.69, 9.17) is 5.11 Å². The van der Waals surface area contributed by atoms with E-state index in [2.05, 4.69) is 10.4 Å². The predicted octanol–water partition coefficient (Wildman–Crippen LogP) is -0.428. The summed E-state index contributed by atoms with van der Waals surface area (Å²) in [6, 6.07) is 3.24. The van der Waals surface area contributed by atoms with Gasteiger partial charge >= 0.3 is 11.7 Å². The number of carboxylic acid groups (broad SMARTS) is 1. The highest BCUT2D eigenvalue weighted by atomic mass is 16.6. The molecule has 0 radical (unpaired) electrons. The third kappa shape index (κ3) is 2.06. The Bertz CT molecular complexity index is 731. The quantitative estimate of drug-likeness (QED) is 0.588. The van der Waals surface area contributed by atoms with Crippen LogP contribution in [0.15, 0.2) is 23.0 Å². The number of hydrogen-bond acceptors (Lipinski definition) is 6. The van der Waals surface area contributed by atoms with Crippen molar-refractivity contribution in [3.8, 4) is 5.69 Å². The van der Waals surface area contributed by atoms with Gasteiger partial charge in [0.15, 0.2) is 0 Å². The molecule has 10 nitrogen and oxygen atoms in total. The van der Waals surface area contributed by atoms with Crippen LogP contribution in [0, 0.1) is 10.1 Å². The van der Waals surface area contributed by atoms with Gasteiger partial charge in [0.05, 0.1) is 10.6 Å². The molecule has 0 unspecified atom stereocenters. The summed E-state index contributed by atoms with van der Waals surface area (Å²) < 4.78 is 1.77. The van der Waals surface area contributed by atoms with E-state index < -0.39 is 27.8 Å². The molecule has 0 spiro atoms. The molecule has 10 heteroatoms. The average molecular weight is 265 g/mol. The number of aryl methyl sites for hydroxylation is 1. The monoisotopic (exact) mass is 265 g/mol. The SMILES string of the molecule is Cn1nnn(-c2ccc(C(=O)O)c([N+](=O)[O-])c2)c1=O. The number of nitrogens with zero attached hydrogens (tertiary/aromatic N) is 5. The normalized spacial score (nSPS) is 10.4. The fourth-order valence-corrected chi connectivity index (χ4v) is 1.46. The molecule has 0 aliphatic heterocycles. The second-order valence-corrected chi connectivity index (χ2v) is 3.56. The second-order valence-electron chi connectivity index (χ2n) is 3.56. The van der Waals surface area contributed by atoms with Crippen LogP contribution in [0.3, 0.4) is 0 Å². The minimum Gasteiger partial charge on any atom is -0.477 e. The Labute approximate surface area is 104 Å². The minimum absolute atomic E-state index is 0.0646. The number of rotatable bonds is 3. The van der Waals surface area contributed by atoms with Gasteiger partial charge in [-0.05, 0) is 22.6 Å². The van der Waals surface area contributed by atoms with Gasteiger partial charge in [-0.2, -0.15) is 9.36 Å². The van der Waals surface area contributed by atoms with Crippen LogP contribution in [0.25, 0.3) is 5.69 Å². The van der Waals surface area contributed by atoms with Crippen molar-refractivity contribution in [2.75, 3.05) is 0 Å². The van der Waals surface area contributed by atoms with Crippen LogP contribution in [0.5, 0.6) is 0 Å². The van der Waals surface area contributed by atoms with Crippen LogP contribution >= 0.6 is 0 Å². The molecule has 2 aromatic rings. The van der Waals surface area contributed by atoms with E-state index in [1.165, 1.54) is 13.1 Å². The Hall–Kier alpha value is -3.04. The molecule has 2 rings (SSSR count). The van der Waals surface area contributed by atoms with Crippen molar-refractivity contribution in [2.24, 2.45) is 7.05 Å². The average Bonchev–Trinajstić information content (AvgIpc) is 2.69. The number of hydrogen-bond donors (Lipinski definition) is 1. The topological polar surface area (TPSA) is 133 Å². The summed E-state index contributed by atoms with van der Waals surface area (Å²) in [6.07, 6.45) is 0. The van der Waals surface area contributed by atoms with Gasteiger partial charge in [-0.1, -0.05) is 0 Å². The lowest BCUT2D eigenvalue weighted by Crippen LogP contribution is -2.22. The number of aromatic carboxylic acids is 1. The van der Waals surface area contributed by atoms with Gasteiger partial charge in [-0.3, -0.25) is 10.1 Å². The highest BCUT2D eigenvalue weighted by Crippen LogP contribution is 2.21. The summed E-state index contributed by atoms with van der Waals surface area (Å²) >= 11 is 0. The molecule has 0 fully saturated rings. The molecule has 1 N–H and O–H groups in total. The highest BCUT2D eigenvalue weighted by molar-refractivity contribution is 5.92. The third-order valence-electron chi connectivity index (χ3n) is 2.37. The zero-order valence-corrected chi connectivity index (χ0v) is 9.55. The van der Waals surface area contributed by atoms with Crippen molar-refractivity contribution in [3.05, 3.63) is 44.4 Å². The zero-order valence-electron chi connectivity index (χ0n) is 9.55. The molecule has 0 saturated carbocycles. The molecule has 0 amide bonds. The van der Waals surface area contributed by atoms with Gasteiger partial charge in [-0.25, -0.2) is 9.59 Å². The van der Waals surface area contributed by atoms with Gasteiger partial charge in [0.25, 0.3) is 5.69 Å². The number of tetrazole rings is 1. The molecule has 0 bridgehead atoms. The summed E-state index contributed by atoms with van der Waals surface area (Å²) in [4.78, 5) is 32.4. The van der Waals surface area contributed by atoms with Crippen molar-refractivity contribution in [3.63, 3.8) is 0 Å². The zero-order chi connectivity index (χ0) is 14.2. The fraction of sp³-hybridized carbons (Fsp3) is 0.111. The van der Waals surface area contributed by atoms with Gasteiger partial charge < -0.3 is 5.11 Å². The van der Waals surface area contributed by atoms with Crippen molar-refractivity contribution < 1.29 is 14.8 Å². The summed E-state index contributed by atoms with van der Waals surface area (Å²) in [6.45, 7) is 0. The molecule has 0 saturated heterocycles. The molecular weight excluding hydrogens is 258 g/mol. The van der Waals surface area contributed by atoms with Gasteiger partial charge in [0.1, 0.15) is 5.56 Å². The molecule has 98 valence electrons. The summed E-state index contributed by atoms with van der Waals surface area (Å²) in [5.74, 6) is -1.43. The summed E-state index contributed by atoms with van der Waals surface area (Å²) in [7, 11) is 1.37. The fourth-order valence-electron chi connectivity index (χ4n) is 1.46. The smallest absolute Gasteiger partial charge is 0.368 e. The second kappa shape index (κ2) is 4.33. The minimum atomic E-state index is -1.43. The van der Waals surface area contributed by atoms with Crippen molar-refractivity contribution >= 4 is 11.7 Å². The van der Waals surface area contributed by atoms with Crippen molar-refractivity contribution in [1.29, 1.82) is 0 Å². The van der Waals surface area contributed by atoms with E-state index >= 15 is 0 Å². The highest BCUT2D eigenvalue weighted by Gasteiger charge is 2.21. The summed E-state index contributed by atoms with van der Waals surface area (Å²) in [5, 5.41) is 26.6. The summed E-state index contributed by atoms with van der Waals surface area (Å²) in [5.41, 5.74) is -1.62. The molecule has 0 atom stereocenters. The lowest BCUT2D eigenvalue weighted by Gasteiger charge is -2.01. The Kier molecular flexibility index (Phi) is 2.83. The molecule has 1 heterocycles. The first-order valence-electron chi connectivity index (χ1n) is 4.93. The lowest BCUT2D eigenvalue weighted by molar-refractivity contribution is -0.385. The van der Waals surface area contributed by atoms with Crippen LogP contribution in [-0.4, -0.2) is 35.8 Å². The Morgan fingerprint density at radius 1 is 1.42 bits per heavy atom. The molecular formula is C9H7N5O5. The van der Waals surface area contributed by atoms with Crippen LogP contribution in [-0.2, 0) is 7.05 Å². The van der Waals surface area contributed by atoms with E-state index in [1.54, 1.807) is 0 Å². The first-order valence-corrected chi connectivity index (χ1v) is 4.93. The first-order chi connectivity index (χ1) is 8.91. The van der Waals surface area contributed by atoms with E-state index in [0.29, 0.717) is 0 Å². The van der Waals surface area contributed by atoms with Gasteiger partial charge in [-0.15, -0.1) is 0 Å².